The second kappa shape index (κ2) is 6.95. The van der Waals surface area contributed by atoms with E-state index in [9.17, 15) is 21.6 Å². The molecule has 9 heteroatoms. The molecule has 0 spiro atoms. The van der Waals surface area contributed by atoms with Crippen molar-refractivity contribution in [1.82, 2.24) is 4.31 Å². The molecule has 0 atom stereocenters. The van der Waals surface area contributed by atoms with Crippen LogP contribution in [0, 0.1) is 0 Å². The minimum Gasteiger partial charge on any atom is -0.395 e. The molecule has 0 fully saturated rings. The molecule has 0 saturated carbocycles. The van der Waals surface area contributed by atoms with E-state index in [1.54, 1.807) is 6.92 Å². The van der Waals surface area contributed by atoms with Gasteiger partial charge < -0.3 is 5.11 Å². The van der Waals surface area contributed by atoms with E-state index in [0.717, 1.165) is 16.4 Å². The molecule has 1 aromatic carbocycles. The van der Waals surface area contributed by atoms with Crippen molar-refractivity contribution in [3.05, 3.63) is 28.8 Å². The van der Waals surface area contributed by atoms with Gasteiger partial charge in [0.2, 0.25) is 10.0 Å². The van der Waals surface area contributed by atoms with Crippen molar-refractivity contribution in [1.29, 1.82) is 0 Å². The van der Waals surface area contributed by atoms with Crippen molar-refractivity contribution in [2.45, 2.75) is 24.4 Å². The van der Waals surface area contributed by atoms with Crippen LogP contribution in [-0.4, -0.2) is 37.5 Å². The lowest BCUT2D eigenvalue weighted by molar-refractivity contribution is -0.139. The minimum absolute atomic E-state index is 0.00852. The smallest absolute Gasteiger partial charge is 0.395 e. The van der Waals surface area contributed by atoms with E-state index >= 15 is 0 Å². The highest BCUT2D eigenvalue weighted by atomic mass is 35.5. The molecule has 0 aromatic heterocycles. The van der Waals surface area contributed by atoms with Gasteiger partial charge in [0.15, 0.2) is 0 Å². The molecule has 120 valence electrons. The lowest BCUT2D eigenvalue weighted by atomic mass is 10.2. The summed E-state index contributed by atoms with van der Waals surface area (Å²) in [5, 5.41) is 8.41. The first-order valence-corrected chi connectivity index (χ1v) is 7.94. The fourth-order valence-corrected chi connectivity index (χ4v) is 4.08. The molecule has 4 nitrogen and oxygen atoms in total. The number of alkyl halides is 3. The van der Waals surface area contributed by atoms with Crippen molar-refractivity contribution in [2.75, 3.05) is 19.7 Å². The quantitative estimate of drug-likeness (QED) is 0.862. The number of sulfonamides is 1. The van der Waals surface area contributed by atoms with Crippen molar-refractivity contribution in [3.8, 4) is 0 Å². The number of halogens is 4. The fraction of sp³-hybridized carbons (Fsp3) is 0.500. The average Bonchev–Trinajstić information content (AvgIpc) is 2.36. The summed E-state index contributed by atoms with van der Waals surface area (Å²) in [5.74, 6) is 0. The van der Waals surface area contributed by atoms with E-state index in [1.165, 1.54) is 0 Å². The van der Waals surface area contributed by atoms with E-state index in [1.807, 2.05) is 0 Å². The second-order valence-electron chi connectivity index (χ2n) is 4.24. The van der Waals surface area contributed by atoms with E-state index in [4.69, 9.17) is 16.7 Å². The molecule has 1 N–H and O–H groups in total. The lowest BCUT2D eigenvalue weighted by Gasteiger charge is -2.23. The zero-order valence-electron chi connectivity index (χ0n) is 11.2. The van der Waals surface area contributed by atoms with Crippen LogP contribution in [0.1, 0.15) is 18.9 Å². The Kier molecular flexibility index (Phi) is 6.03. The Morgan fingerprint density at radius 2 is 1.90 bits per heavy atom. The van der Waals surface area contributed by atoms with Gasteiger partial charge in [-0.15, -0.1) is 0 Å². The van der Waals surface area contributed by atoms with Crippen LogP contribution in [0.3, 0.4) is 0 Å². The summed E-state index contributed by atoms with van der Waals surface area (Å²) in [7, 11) is -4.45. The van der Waals surface area contributed by atoms with Gasteiger partial charge in [0.1, 0.15) is 4.90 Å². The Bertz CT molecular complexity index is 584. The first kappa shape index (κ1) is 18.2. The largest absolute Gasteiger partial charge is 0.417 e. The fourth-order valence-electron chi connectivity index (χ4n) is 1.84. The van der Waals surface area contributed by atoms with Crippen LogP contribution in [0.5, 0.6) is 0 Å². The molecule has 1 rings (SSSR count). The number of aliphatic hydroxyl groups excluding tert-OH is 1. The molecule has 0 bridgehead atoms. The van der Waals surface area contributed by atoms with Crippen LogP contribution < -0.4 is 0 Å². The minimum atomic E-state index is -4.84. The van der Waals surface area contributed by atoms with E-state index in [-0.39, 0.29) is 13.1 Å². The van der Waals surface area contributed by atoms with Gasteiger partial charge in [-0.25, -0.2) is 8.42 Å². The molecule has 0 amide bonds. The first-order valence-electron chi connectivity index (χ1n) is 6.13. The van der Waals surface area contributed by atoms with Gasteiger partial charge in [0.25, 0.3) is 0 Å². The molecule has 0 aliphatic carbocycles. The zero-order valence-corrected chi connectivity index (χ0v) is 12.8. The second-order valence-corrected chi connectivity index (χ2v) is 6.52. The van der Waals surface area contributed by atoms with Crippen LogP contribution in [-0.2, 0) is 16.2 Å². The number of rotatable bonds is 6. The van der Waals surface area contributed by atoms with Gasteiger partial charge in [0, 0.05) is 13.1 Å². The zero-order chi connectivity index (χ0) is 16.3. The third-order valence-electron chi connectivity index (χ3n) is 2.69. The highest BCUT2D eigenvalue weighted by Gasteiger charge is 2.40. The van der Waals surface area contributed by atoms with Gasteiger partial charge in [-0.1, -0.05) is 24.6 Å². The molecule has 0 saturated heterocycles. The Balaban J connectivity index is 3.50. The molecule has 1 aromatic rings. The first-order chi connectivity index (χ1) is 9.66. The SMILES string of the molecule is CCCN(CCO)S(=O)(=O)c1c(Cl)cccc1C(F)(F)F. The third-order valence-corrected chi connectivity index (χ3v) is 5.12. The summed E-state index contributed by atoms with van der Waals surface area (Å²) in [6.45, 7) is 0.881. The highest BCUT2D eigenvalue weighted by molar-refractivity contribution is 7.89. The molecule has 0 radical (unpaired) electrons. The molecule has 0 unspecified atom stereocenters. The van der Waals surface area contributed by atoms with E-state index in [2.05, 4.69) is 0 Å². The van der Waals surface area contributed by atoms with Crippen molar-refractivity contribution in [2.24, 2.45) is 0 Å². The van der Waals surface area contributed by atoms with Crippen molar-refractivity contribution in [3.63, 3.8) is 0 Å². The molecule has 0 heterocycles. The maximum Gasteiger partial charge on any atom is 0.417 e. The van der Waals surface area contributed by atoms with Crippen LogP contribution in [0.25, 0.3) is 0 Å². The van der Waals surface area contributed by atoms with E-state index < -0.39 is 38.3 Å². The Labute approximate surface area is 126 Å². The van der Waals surface area contributed by atoms with Gasteiger partial charge in [0.05, 0.1) is 17.2 Å². The predicted molar refractivity (Wildman–Crippen MR) is 72.6 cm³/mol. The summed E-state index contributed by atoms with van der Waals surface area (Å²) in [6.07, 6.45) is -4.45. The molecular formula is C12H15ClF3NO3S. The molecular weight excluding hydrogens is 331 g/mol. The van der Waals surface area contributed by atoms with Gasteiger partial charge in [-0.2, -0.15) is 17.5 Å². The van der Waals surface area contributed by atoms with Crippen LogP contribution in [0.15, 0.2) is 23.1 Å². The third kappa shape index (κ3) is 4.09. The normalized spacial score (nSPS) is 12.9. The average molecular weight is 346 g/mol. The predicted octanol–water partition coefficient (Wildman–Crippen LogP) is 2.75. The Morgan fingerprint density at radius 3 is 2.38 bits per heavy atom. The number of benzene rings is 1. The molecule has 0 aliphatic rings. The maximum absolute atomic E-state index is 13.0. The highest BCUT2D eigenvalue weighted by Crippen LogP contribution is 2.38. The monoisotopic (exact) mass is 345 g/mol. The summed E-state index contributed by atoms with van der Waals surface area (Å²) in [4.78, 5) is -0.971. The van der Waals surface area contributed by atoms with Gasteiger partial charge in [-0.3, -0.25) is 0 Å². The number of hydrogen-bond acceptors (Lipinski definition) is 3. The lowest BCUT2D eigenvalue weighted by Crippen LogP contribution is -2.35. The number of hydrogen-bond donors (Lipinski definition) is 1. The van der Waals surface area contributed by atoms with Crippen LogP contribution in [0.4, 0.5) is 13.2 Å². The van der Waals surface area contributed by atoms with Crippen molar-refractivity contribution < 1.29 is 26.7 Å². The molecule has 0 aliphatic heterocycles. The Hall–Kier alpha value is -0.830. The number of nitrogens with zero attached hydrogens (tertiary/aromatic N) is 1. The Morgan fingerprint density at radius 1 is 1.29 bits per heavy atom. The van der Waals surface area contributed by atoms with Gasteiger partial charge >= 0.3 is 6.18 Å². The van der Waals surface area contributed by atoms with Gasteiger partial charge in [-0.05, 0) is 18.6 Å². The van der Waals surface area contributed by atoms with Crippen LogP contribution in [0.2, 0.25) is 5.02 Å². The standard InChI is InChI=1S/C12H15ClF3NO3S/c1-2-6-17(7-8-18)21(19,20)11-9(12(14,15)16)4-3-5-10(11)13/h3-5,18H,2,6-8H2,1H3. The summed E-state index contributed by atoms with van der Waals surface area (Å²) >= 11 is 5.70. The summed E-state index contributed by atoms with van der Waals surface area (Å²) < 4.78 is 64.7. The maximum atomic E-state index is 13.0. The topological polar surface area (TPSA) is 57.6 Å². The van der Waals surface area contributed by atoms with E-state index in [0.29, 0.717) is 12.5 Å². The van der Waals surface area contributed by atoms with Crippen molar-refractivity contribution >= 4 is 21.6 Å². The summed E-state index contributed by atoms with van der Waals surface area (Å²) in [6, 6.07) is 2.80. The summed E-state index contributed by atoms with van der Waals surface area (Å²) in [5.41, 5.74) is -1.31. The van der Waals surface area contributed by atoms with Crippen LogP contribution >= 0.6 is 11.6 Å². The number of aliphatic hydroxyl groups is 1. The molecule has 21 heavy (non-hydrogen) atoms.